The van der Waals surface area contributed by atoms with Crippen molar-refractivity contribution in [3.8, 4) is 15.5 Å². The highest BCUT2D eigenvalue weighted by atomic mass is 32.1. The summed E-state index contributed by atoms with van der Waals surface area (Å²) in [5.41, 5.74) is 0. The maximum atomic E-state index is 10.6. The minimum atomic E-state index is 0.166. The number of hydrogen-bond acceptors (Lipinski definition) is 4. The Labute approximate surface area is 103 Å². The van der Waals surface area contributed by atoms with Crippen molar-refractivity contribution < 1.29 is 9.53 Å². The number of carbonyl (C=O) groups is 1. The average molecular weight is 252 g/mol. The minimum absolute atomic E-state index is 0.166. The summed E-state index contributed by atoms with van der Waals surface area (Å²) in [4.78, 5) is 13.6. The van der Waals surface area contributed by atoms with E-state index in [0.717, 1.165) is 26.7 Å². The molecule has 2 nitrogen and oxygen atoms in total. The summed E-state index contributed by atoms with van der Waals surface area (Å²) in [7, 11) is 0. The zero-order valence-electron chi connectivity index (χ0n) is 9.10. The van der Waals surface area contributed by atoms with E-state index in [1.165, 1.54) is 11.3 Å². The molecule has 0 bridgehead atoms. The molecule has 0 aliphatic heterocycles. The van der Waals surface area contributed by atoms with E-state index in [1.54, 1.807) is 11.3 Å². The van der Waals surface area contributed by atoms with Gasteiger partial charge in [-0.1, -0.05) is 0 Å². The van der Waals surface area contributed by atoms with Crippen molar-refractivity contribution in [3.63, 3.8) is 0 Å². The molecular formula is C12H12O2S2. The van der Waals surface area contributed by atoms with Gasteiger partial charge in [-0.2, -0.15) is 0 Å². The molecule has 4 heteroatoms. The van der Waals surface area contributed by atoms with Crippen LogP contribution in [-0.2, 0) is 0 Å². The molecule has 2 rings (SSSR count). The fraction of sp³-hybridized carbons (Fsp3) is 0.250. The van der Waals surface area contributed by atoms with E-state index in [2.05, 4.69) is 0 Å². The van der Waals surface area contributed by atoms with Crippen molar-refractivity contribution in [1.29, 1.82) is 0 Å². The van der Waals surface area contributed by atoms with Crippen LogP contribution >= 0.6 is 22.7 Å². The van der Waals surface area contributed by atoms with Gasteiger partial charge in [-0.05, 0) is 37.4 Å². The Hall–Kier alpha value is -1.13. The number of ether oxygens (including phenoxy) is 1. The molecule has 2 aromatic rings. The van der Waals surface area contributed by atoms with Crippen LogP contribution in [0.1, 0.15) is 23.5 Å². The van der Waals surface area contributed by atoms with Crippen LogP contribution in [0.2, 0.25) is 0 Å². The monoisotopic (exact) mass is 252 g/mol. The van der Waals surface area contributed by atoms with Crippen molar-refractivity contribution >= 4 is 29.0 Å². The summed E-state index contributed by atoms with van der Waals surface area (Å²) in [5.74, 6) is 0.902. The third kappa shape index (κ3) is 2.33. The van der Waals surface area contributed by atoms with Gasteiger partial charge >= 0.3 is 0 Å². The molecule has 0 aliphatic carbocycles. The second-order valence-corrected chi connectivity index (χ2v) is 5.63. The van der Waals surface area contributed by atoms with Crippen molar-refractivity contribution in [2.45, 2.75) is 20.0 Å². The molecule has 0 radical (unpaired) electrons. The fourth-order valence-corrected chi connectivity index (χ4v) is 3.14. The zero-order chi connectivity index (χ0) is 11.5. The molecule has 0 saturated heterocycles. The van der Waals surface area contributed by atoms with Gasteiger partial charge in [-0.3, -0.25) is 4.79 Å². The molecule has 0 fully saturated rings. The highest BCUT2D eigenvalue weighted by molar-refractivity contribution is 7.22. The standard InChI is InChI=1S/C12H12O2S2/c1-8(2)14-10-5-6-15-12(10)11-4-3-9(7-13)16-11/h3-8H,1-2H3. The number of aldehydes is 1. The Bertz CT molecular complexity index is 483. The first-order valence-electron chi connectivity index (χ1n) is 5.00. The second kappa shape index (κ2) is 4.80. The van der Waals surface area contributed by atoms with Gasteiger partial charge in [0.2, 0.25) is 0 Å². The average Bonchev–Trinajstić information content (AvgIpc) is 2.84. The van der Waals surface area contributed by atoms with Gasteiger partial charge in [0, 0.05) is 4.88 Å². The van der Waals surface area contributed by atoms with E-state index < -0.39 is 0 Å². The lowest BCUT2D eigenvalue weighted by atomic mass is 10.3. The SMILES string of the molecule is CC(C)Oc1ccsc1-c1ccc(C=O)s1. The van der Waals surface area contributed by atoms with Crippen LogP contribution in [0, 0.1) is 0 Å². The predicted octanol–water partition coefficient (Wildman–Crippen LogP) is 4.08. The van der Waals surface area contributed by atoms with E-state index in [0.29, 0.717) is 0 Å². The van der Waals surface area contributed by atoms with Crippen LogP contribution in [-0.4, -0.2) is 12.4 Å². The minimum Gasteiger partial charge on any atom is -0.489 e. The molecule has 0 aliphatic rings. The third-order valence-electron chi connectivity index (χ3n) is 1.96. The topological polar surface area (TPSA) is 26.3 Å². The van der Waals surface area contributed by atoms with Gasteiger partial charge in [0.1, 0.15) is 5.75 Å². The zero-order valence-corrected chi connectivity index (χ0v) is 10.7. The van der Waals surface area contributed by atoms with E-state index in [9.17, 15) is 4.79 Å². The van der Waals surface area contributed by atoms with Gasteiger partial charge in [-0.25, -0.2) is 0 Å². The van der Waals surface area contributed by atoms with Crippen LogP contribution in [0.5, 0.6) is 5.75 Å². The predicted molar refractivity (Wildman–Crippen MR) is 68.8 cm³/mol. The lowest BCUT2D eigenvalue weighted by Crippen LogP contribution is -2.05. The quantitative estimate of drug-likeness (QED) is 0.766. The summed E-state index contributed by atoms with van der Waals surface area (Å²) < 4.78 is 5.71. The Morgan fingerprint density at radius 3 is 2.75 bits per heavy atom. The Kier molecular flexibility index (Phi) is 3.41. The van der Waals surface area contributed by atoms with Gasteiger partial charge in [0.25, 0.3) is 0 Å². The van der Waals surface area contributed by atoms with Gasteiger partial charge < -0.3 is 4.74 Å². The van der Waals surface area contributed by atoms with Crippen LogP contribution in [0.4, 0.5) is 0 Å². The lowest BCUT2D eigenvalue weighted by molar-refractivity contribution is 0.112. The Morgan fingerprint density at radius 1 is 1.31 bits per heavy atom. The van der Waals surface area contributed by atoms with Crippen LogP contribution < -0.4 is 4.74 Å². The van der Waals surface area contributed by atoms with Crippen molar-refractivity contribution in [2.75, 3.05) is 0 Å². The van der Waals surface area contributed by atoms with Gasteiger partial charge in [0.05, 0.1) is 15.9 Å². The van der Waals surface area contributed by atoms with E-state index in [4.69, 9.17) is 4.74 Å². The van der Waals surface area contributed by atoms with Gasteiger partial charge in [0.15, 0.2) is 6.29 Å². The number of thiophene rings is 2. The first-order valence-corrected chi connectivity index (χ1v) is 6.70. The lowest BCUT2D eigenvalue weighted by Gasteiger charge is -2.09. The molecule has 0 spiro atoms. The maximum absolute atomic E-state index is 10.6. The number of carbonyl (C=O) groups excluding carboxylic acids is 1. The third-order valence-corrected chi connectivity index (χ3v) is 4.04. The molecule has 0 unspecified atom stereocenters. The first-order chi connectivity index (χ1) is 7.70. The number of rotatable bonds is 4. The van der Waals surface area contributed by atoms with E-state index >= 15 is 0 Å². The van der Waals surface area contributed by atoms with Crippen LogP contribution in [0.15, 0.2) is 23.6 Å². The van der Waals surface area contributed by atoms with Crippen molar-refractivity contribution in [3.05, 3.63) is 28.5 Å². The second-order valence-electron chi connectivity index (χ2n) is 3.60. The van der Waals surface area contributed by atoms with Crippen LogP contribution in [0.3, 0.4) is 0 Å². The molecule has 0 saturated carbocycles. The summed E-state index contributed by atoms with van der Waals surface area (Å²) in [6.07, 6.45) is 1.05. The molecule has 2 aromatic heterocycles. The summed E-state index contributed by atoms with van der Waals surface area (Å²) >= 11 is 3.13. The summed E-state index contributed by atoms with van der Waals surface area (Å²) in [5, 5.41) is 2.01. The molecule has 0 atom stereocenters. The summed E-state index contributed by atoms with van der Waals surface area (Å²) in [6.45, 7) is 4.01. The summed E-state index contributed by atoms with van der Waals surface area (Å²) in [6, 6.07) is 5.78. The molecule has 2 heterocycles. The van der Waals surface area contributed by atoms with Crippen molar-refractivity contribution in [1.82, 2.24) is 0 Å². The highest BCUT2D eigenvalue weighted by Gasteiger charge is 2.11. The van der Waals surface area contributed by atoms with Crippen LogP contribution in [0.25, 0.3) is 9.75 Å². The normalized spacial score (nSPS) is 10.7. The molecular weight excluding hydrogens is 240 g/mol. The Morgan fingerprint density at radius 2 is 2.12 bits per heavy atom. The van der Waals surface area contributed by atoms with Crippen molar-refractivity contribution in [2.24, 2.45) is 0 Å². The largest absolute Gasteiger partial charge is 0.489 e. The maximum Gasteiger partial charge on any atom is 0.160 e. The number of hydrogen-bond donors (Lipinski definition) is 0. The smallest absolute Gasteiger partial charge is 0.160 e. The fourth-order valence-electron chi connectivity index (χ4n) is 1.36. The molecule has 84 valence electrons. The van der Waals surface area contributed by atoms with E-state index in [-0.39, 0.29) is 6.10 Å². The van der Waals surface area contributed by atoms with Gasteiger partial charge in [-0.15, -0.1) is 22.7 Å². The first kappa shape index (κ1) is 11.4. The van der Waals surface area contributed by atoms with E-state index in [1.807, 2.05) is 37.4 Å². The highest BCUT2D eigenvalue weighted by Crippen LogP contribution is 2.39. The Balaban J connectivity index is 2.32. The molecule has 0 aromatic carbocycles. The molecule has 16 heavy (non-hydrogen) atoms. The molecule has 0 N–H and O–H groups in total. The molecule has 0 amide bonds.